The Morgan fingerprint density at radius 2 is 1.74 bits per heavy atom. The lowest BCUT2D eigenvalue weighted by molar-refractivity contribution is -0.129. The van der Waals surface area contributed by atoms with Crippen molar-refractivity contribution in [2.45, 2.75) is 25.0 Å². The van der Waals surface area contributed by atoms with E-state index in [-0.39, 0.29) is 28.6 Å². The molecule has 0 bridgehead atoms. The Labute approximate surface area is 174 Å². The zero-order chi connectivity index (χ0) is 22.8. The van der Waals surface area contributed by atoms with Crippen molar-refractivity contribution in [2.75, 3.05) is 13.7 Å². The van der Waals surface area contributed by atoms with E-state index in [4.69, 9.17) is 10.5 Å². The van der Waals surface area contributed by atoms with E-state index in [1.54, 1.807) is 0 Å². The van der Waals surface area contributed by atoms with Gasteiger partial charge in [0.05, 0.1) is 6.61 Å². The van der Waals surface area contributed by atoms with Gasteiger partial charge in [0.1, 0.15) is 5.75 Å². The third-order valence-electron chi connectivity index (χ3n) is 4.68. The Bertz CT molecular complexity index is 985. The number of carbonyl (C=O) groups is 1. The summed E-state index contributed by atoms with van der Waals surface area (Å²) in [5.74, 6) is -2.00. The molecule has 0 radical (unpaired) electrons. The van der Waals surface area contributed by atoms with Crippen LogP contribution >= 0.6 is 0 Å². The summed E-state index contributed by atoms with van der Waals surface area (Å²) in [4.78, 5) is 18.5. The number of amides is 1. The van der Waals surface area contributed by atoms with E-state index in [9.17, 15) is 26.7 Å². The number of nitrogens with two attached hydrogens (primary N) is 1. The van der Waals surface area contributed by atoms with E-state index < -0.39 is 43.3 Å². The lowest BCUT2D eigenvalue weighted by atomic mass is 9.82. The number of hydrogen-bond acceptors (Lipinski definition) is 5. The van der Waals surface area contributed by atoms with Crippen LogP contribution < -0.4 is 15.2 Å². The van der Waals surface area contributed by atoms with Gasteiger partial charge in [0.25, 0.3) is 5.91 Å². The average Bonchev–Trinajstić information content (AvgIpc) is 2.94. The first-order valence-corrected chi connectivity index (χ1v) is 9.05. The van der Waals surface area contributed by atoms with Crippen LogP contribution in [0.5, 0.6) is 11.5 Å². The SMILES string of the molecule is CN1C(=O)C(c2ccc(OC(F)F)cc2)(c2ccc(F)c(OCCC(F)F)c2)N=C1N. The Morgan fingerprint density at radius 1 is 1.10 bits per heavy atom. The van der Waals surface area contributed by atoms with E-state index >= 15 is 0 Å². The van der Waals surface area contributed by atoms with Crippen LogP contribution in [-0.2, 0) is 10.3 Å². The van der Waals surface area contributed by atoms with E-state index in [2.05, 4.69) is 9.73 Å². The van der Waals surface area contributed by atoms with Gasteiger partial charge in [-0.05, 0) is 35.4 Å². The number of alkyl halides is 4. The summed E-state index contributed by atoms with van der Waals surface area (Å²) >= 11 is 0. The van der Waals surface area contributed by atoms with Gasteiger partial charge in [-0.1, -0.05) is 18.2 Å². The molecule has 1 amide bonds. The lowest BCUT2D eigenvalue weighted by Crippen LogP contribution is -2.41. The molecule has 3 rings (SSSR count). The maximum Gasteiger partial charge on any atom is 0.387 e. The molecule has 0 aliphatic carbocycles. The molecular weight excluding hydrogens is 425 g/mol. The Balaban J connectivity index is 2.06. The Kier molecular flexibility index (Phi) is 6.32. The van der Waals surface area contributed by atoms with Crippen LogP contribution in [0, 0.1) is 5.82 Å². The van der Waals surface area contributed by atoms with Gasteiger partial charge in [-0.3, -0.25) is 9.69 Å². The topological polar surface area (TPSA) is 77.2 Å². The van der Waals surface area contributed by atoms with Crippen LogP contribution in [-0.4, -0.2) is 43.5 Å². The second-order valence-electron chi connectivity index (χ2n) is 6.62. The van der Waals surface area contributed by atoms with Crippen LogP contribution in [0.15, 0.2) is 47.5 Å². The minimum atomic E-state index is -3.03. The maximum absolute atomic E-state index is 14.2. The van der Waals surface area contributed by atoms with Crippen LogP contribution in [0.25, 0.3) is 0 Å². The van der Waals surface area contributed by atoms with Crippen LogP contribution in [0.1, 0.15) is 17.5 Å². The molecule has 0 aromatic heterocycles. The standard InChI is InChI=1S/C20H18F5N3O3/c1-28-17(29)20(27-19(28)26,11-2-5-13(6-3-11)31-18(24)25)12-4-7-14(21)15(10-12)30-9-8-16(22)23/h2-7,10,16,18H,8-9H2,1H3,(H2,26,27). The van der Waals surface area contributed by atoms with Crippen molar-refractivity contribution in [3.05, 3.63) is 59.4 Å². The van der Waals surface area contributed by atoms with Crippen molar-refractivity contribution >= 4 is 11.9 Å². The second-order valence-corrected chi connectivity index (χ2v) is 6.62. The molecule has 0 saturated carbocycles. The molecule has 166 valence electrons. The third-order valence-corrected chi connectivity index (χ3v) is 4.68. The summed E-state index contributed by atoms with van der Waals surface area (Å²) in [6.45, 7) is -3.47. The van der Waals surface area contributed by atoms with Crippen LogP contribution in [0.4, 0.5) is 22.0 Å². The molecule has 31 heavy (non-hydrogen) atoms. The molecule has 1 unspecified atom stereocenters. The smallest absolute Gasteiger partial charge is 0.387 e. The van der Waals surface area contributed by atoms with Gasteiger partial charge in [-0.2, -0.15) is 8.78 Å². The Hall–Kier alpha value is -3.37. The minimum absolute atomic E-state index is 0.123. The monoisotopic (exact) mass is 443 g/mol. The highest BCUT2D eigenvalue weighted by molar-refractivity contribution is 6.08. The molecule has 0 spiro atoms. The van der Waals surface area contributed by atoms with E-state index in [0.717, 1.165) is 11.0 Å². The van der Waals surface area contributed by atoms with Crippen molar-refractivity contribution in [1.29, 1.82) is 0 Å². The number of hydrogen-bond donors (Lipinski definition) is 1. The van der Waals surface area contributed by atoms with Crippen molar-refractivity contribution in [3.8, 4) is 11.5 Å². The number of rotatable bonds is 8. The fourth-order valence-corrected chi connectivity index (χ4v) is 3.16. The first-order chi connectivity index (χ1) is 14.6. The predicted molar refractivity (Wildman–Crippen MR) is 101 cm³/mol. The van der Waals surface area contributed by atoms with Gasteiger partial charge in [0.15, 0.2) is 23.1 Å². The molecule has 11 heteroatoms. The quantitative estimate of drug-likeness (QED) is 0.634. The molecule has 1 aliphatic rings. The summed E-state index contributed by atoms with van der Waals surface area (Å²) in [6, 6.07) is 8.64. The first kappa shape index (κ1) is 22.3. The summed E-state index contributed by atoms with van der Waals surface area (Å²) in [5.41, 5.74) is 4.49. The molecule has 2 aromatic carbocycles. The van der Waals surface area contributed by atoms with E-state index in [1.165, 1.54) is 43.4 Å². The Morgan fingerprint density at radius 3 is 2.29 bits per heavy atom. The zero-order valence-electron chi connectivity index (χ0n) is 16.2. The fraction of sp³-hybridized carbons (Fsp3) is 0.300. The van der Waals surface area contributed by atoms with E-state index in [0.29, 0.717) is 0 Å². The third kappa shape index (κ3) is 4.39. The summed E-state index contributed by atoms with van der Waals surface area (Å²) in [6.07, 6.45) is -3.23. The molecule has 0 saturated heterocycles. The second kappa shape index (κ2) is 8.78. The molecule has 1 aliphatic heterocycles. The minimum Gasteiger partial charge on any atom is -0.490 e. The van der Waals surface area contributed by atoms with Crippen molar-refractivity contribution < 1.29 is 36.2 Å². The van der Waals surface area contributed by atoms with Crippen molar-refractivity contribution in [1.82, 2.24) is 4.90 Å². The predicted octanol–water partition coefficient (Wildman–Crippen LogP) is 3.49. The van der Waals surface area contributed by atoms with Gasteiger partial charge < -0.3 is 15.2 Å². The van der Waals surface area contributed by atoms with E-state index in [1.807, 2.05) is 0 Å². The van der Waals surface area contributed by atoms with Crippen molar-refractivity contribution in [3.63, 3.8) is 0 Å². The lowest BCUT2D eigenvalue weighted by Gasteiger charge is -2.26. The molecule has 1 heterocycles. The number of benzene rings is 2. The maximum atomic E-state index is 14.2. The number of guanidine groups is 1. The average molecular weight is 443 g/mol. The molecule has 2 aromatic rings. The van der Waals surface area contributed by atoms with Gasteiger partial charge in [-0.15, -0.1) is 0 Å². The highest BCUT2D eigenvalue weighted by atomic mass is 19.3. The number of likely N-dealkylation sites (N-methyl/N-ethyl adjacent to an activating group) is 1. The fourth-order valence-electron chi connectivity index (χ4n) is 3.16. The van der Waals surface area contributed by atoms with Gasteiger partial charge >= 0.3 is 6.61 Å². The number of halogens is 5. The van der Waals surface area contributed by atoms with Gasteiger partial charge in [-0.25, -0.2) is 18.2 Å². The summed E-state index contributed by atoms with van der Waals surface area (Å²) in [7, 11) is 1.39. The summed E-state index contributed by atoms with van der Waals surface area (Å²) in [5, 5.41) is 0. The summed E-state index contributed by atoms with van der Waals surface area (Å²) < 4.78 is 73.3. The van der Waals surface area contributed by atoms with Gasteiger partial charge in [0.2, 0.25) is 6.43 Å². The molecule has 6 nitrogen and oxygen atoms in total. The zero-order valence-corrected chi connectivity index (χ0v) is 16.2. The number of ether oxygens (including phenoxy) is 2. The molecule has 1 atom stereocenters. The van der Waals surface area contributed by atoms with Crippen LogP contribution in [0.3, 0.4) is 0 Å². The van der Waals surface area contributed by atoms with Gasteiger partial charge in [0, 0.05) is 13.5 Å². The highest BCUT2D eigenvalue weighted by Gasteiger charge is 2.49. The largest absolute Gasteiger partial charge is 0.490 e. The van der Waals surface area contributed by atoms with Crippen molar-refractivity contribution in [2.24, 2.45) is 10.7 Å². The number of carbonyl (C=O) groups excluding carboxylic acids is 1. The normalized spacial score (nSPS) is 18.6. The van der Waals surface area contributed by atoms with Crippen LogP contribution in [0.2, 0.25) is 0 Å². The number of nitrogens with zero attached hydrogens (tertiary/aromatic N) is 2. The highest BCUT2D eigenvalue weighted by Crippen LogP contribution is 2.41. The first-order valence-electron chi connectivity index (χ1n) is 9.05. The molecule has 0 fully saturated rings. The number of aliphatic imine (C=N–C) groups is 1. The molecular formula is C20H18F5N3O3. The molecule has 2 N–H and O–H groups in total.